The molecule has 3 aromatic rings. The summed E-state index contributed by atoms with van der Waals surface area (Å²) >= 11 is 6.36. The standard InChI is InChI=1S/C23H26ClN5O2/c1-16-12-14-23(15-13-16,28(3)22(30)31-18-8-5-4-6-9-18)21-25-26-27-29(21)20-11-7-10-19(24)17(20)2/h4-11,16H,12-15H2,1-3H3. The Labute approximate surface area is 187 Å². The van der Waals surface area contributed by atoms with E-state index in [1.807, 2.05) is 43.3 Å². The Morgan fingerprint density at radius 3 is 2.58 bits per heavy atom. The highest BCUT2D eigenvalue weighted by Gasteiger charge is 2.47. The number of amides is 1. The molecule has 0 unspecified atom stereocenters. The first kappa shape index (κ1) is 21.3. The van der Waals surface area contributed by atoms with E-state index in [0.717, 1.165) is 36.9 Å². The minimum atomic E-state index is -0.684. The Hall–Kier alpha value is -2.93. The second-order valence-corrected chi connectivity index (χ2v) is 8.66. The van der Waals surface area contributed by atoms with Crippen molar-refractivity contribution in [2.75, 3.05) is 7.05 Å². The first-order valence-electron chi connectivity index (χ1n) is 10.5. The van der Waals surface area contributed by atoms with Crippen molar-refractivity contribution in [3.05, 3.63) is 64.9 Å². The number of para-hydroxylation sites is 1. The van der Waals surface area contributed by atoms with Crippen molar-refractivity contribution >= 4 is 17.7 Å². The maximum atomic E-state index is 13.2. The Kier molecular flexibility index (Phi) is 5.96. The van der Waals surface area contributed by atoms with Gasteiger partial charge in [0.1, 0.15) is 11.3 Å². The quantitative estimate of drug-likeness (QED) is 0.561. The zero-order chi connectivity index (χ0) is 22.0. The molecule has 8 heteroatoms. The lowest BCUT2D eigenvalue weighted by Gasteiger charge is -2.44. The van der Waals surface area contributed by atoms with E-state index >= 15 is 0 Å². The molecule has 4 rings (SSSR count). The molecule has 1 heterocycles. The molecule has 0 spiro atoms. The van der Waals surface area contributed by atoms with E-state index in [2.05, 4.69) is 22.4 Å². The van der Waals surface area contributed by atoms with Crippen LogP contribution in [0.2, 0.25) is 5.02 Å². The van der Waals surface area contributed by atoms with Crippen LogP contribution in [0.1, 0.15) is 44.0 Å². The lowest BCUT2D eigenvalue weighted by molar-refractivity contribution is 0.0514. The van der Waals surface area contributed by atoms with Gasteiger partial charge in [0.15, 0.2) is 5.82 Å². The topological polar surface area (TPSA) is 73.1 Å². The third-order valence-corrected chi connectivity index (χ3v) is 6.73. The highest BCUT2D eigenvalue weighted by molar-refractivity contribution is 6.31. The van der Waals surface area contributed by atoms with Crippen molar-refractivity contribution in [2.24, 2.45) is 5.92 Å². The van der Waals surface area contributed by atoms with Crippen molar-refractivity contribution in [3.8, 4) is 11.4 Å². The van der Waals surface area contributed by atoms with Gasteiger partial charge in [0.2, 0.25) is 0 Å². The SMILES string of the molecule is Cc1c(Cl)cccc1-n1nnnc1C1(N(C)C(=O)Oc2ccccc2)CCC(C)CC1. The number of rotatable bonds is 4. The molecule has 0 radical (unpaired) electrons. The number of hydrogen-bond acceptors (Lipinski definition) is 5. The van der Waals surface area contributed by atoms with Crippen molar-refractivity contribution in [2.45, 2.75) is 45.1 Å². The van der Waals surface area contributed by atoms with Gasteiger partial charge in [-0.15, -0.1) is 5.10 Å². The van der Waals surface area contributed by atoms with Gasteiger partial charge >= 0.3 is 6.09 Å². The number of aromatic nitrogens is 4. The number of halogens is 1. The summed E-state index contributed by atoms with van der Waals surface area (Å²) in [4.78, 5) is 14.8. The summed E-state index contributed by atoms with van der Waals surface area (Å²) in [5.74, 6) is 1.70. The molecule has 0 atom stereocenters. The summed E-state index contributed by atoms with van der Waals surface area (Å²) in [6, 6.07) is 14.7. The van der Waals surface area contributed by atoms with Crippen LogP contribution in [-0.4, -0.2) is 38.2 Å². The Bertz CT molecular complexity index is 1060. The van der Waals surface area contributed by atoms with E-state index in [1.54, 1.807) is 28.8 Å². The molecular formula is C23H26ClN5O2. The molecule has 1 aromatic heterocycles. The molecule has 2 aromatic carbocycles. The molecular weight excluding hydrogens is 414 g/mol. The Morgan fingerprint density at radius 1 is 1.16 bits per heavy atom. The highest BCUT2D eigenvalue weighted by atomic mass is 35.5. The van der Waals surface area contributed by atoms with Crippen LogP contribution in [0.15, 0.2) is 48.5 Å². The van der Waals surface area contributed by atoms with Crippen molar-refractivity contribution in [1.29, 1.82) is 0 Å². The van der Waals surface area contributed by atoms with Gasteiger partial charge in [-0.2, -0.15) is 4.68 Å². The van der Waals surface area contributed by atoms with Crippen LogP contribution in [0.5, 0.6) is 5.75 Å². The fraction of sp³-hybridized carbons (Fsp3) is 0.391. The van der Waals surface area contributed by atoms with Gasteiger partial charge < -0.3 is 4.74 Å². The minimum Gasteiger partial charge on any atom is -0.410 e. The summed E-state index contributed by atoms with van der Waals surface area (Å²) in [5.41, 5.74) is 0.998. The third-order valence-electron chi connectivity index (χ3n) is 6.32. The molecule has 0 saturated heterocycles. The molecule has 1 saturated carbocycles. The number of carbonyl (C=O) groups is 1. The average Bonchev–Trinajstić information content (AvgIpc) is 3.27. The molecule has 31 heavy (non-hydrogen) atoms. The average molecular weight is 440 g/mol. The number of carbonyl (C=O) groups excluding carboxylic acids is 1. The zero-order valence-corrected chi connectivity index (χ0v) is 18.7. The Morgan fingerprint density at radius 2 is 1.87 bits per heavy atom. The highest BCUT2D eigenvalue weighted by Crippen LogP contribution is 2.43. The molecule has 1 amide bonds. The molecule has 162 valence electrons. The van der Waals surface area contributed by atoms with Crippen LogP contribution in [-0.2, 0) is 5.54 Å². The number of hydrogen-bond donors (Lipinski definition) is 0. The number of benzene rings is 2. The molecule has 0 N–H and O–H groups in total. The van der Waals surface area contributed by atoms with Gasteiger partial charge in [-0.25, -0.2) is 4.79 Å². The van der Waals surface area contributed by atoms with Crippen LogP contribution < -0.4 is 4.74 Å². The molecule has 7 nitrogen and oxygen atoms in total. The van der Waals surface area contributed by atoms with E-state index in [4.69, 9.17) is 16.3 Å². The predicted octanol–water partition coefficient (Wildman–Crippen LogP) is 5.16. The molecule has 0 aliphatic heterocycles. The van der Waals surface area contributed by atoms with Crippen molar-refractivity contribution in [1.82, 2.24) is 25.1 Å². The Balaban J connectivity index is 1.75. The summed E-state index contributed by atoms with van der Waals surface area (Å²) < 4.78 is 7.37. The fourth-order valence-corrected chi connectivity index (χ4v) is 4.42. The number of tetrazole rings is 1. The second kappa shape index (κ2) is 8.67. The maximum Gasteiger partial charge on any atom is 0.415 e. The second-order valence-electron chi connectivity index (χ2n) is 8.25. The maximum absolute atomic E-state index is 13.2. The van der Waals surface area contributed by atoms with E-state index < -0.39 is 11.6 Å². The molecule has 0 bridgehead atoms. The minimum absolute atomic E-state index is 0.432. The van der Waals surface area contributed by atoms with Gasteiger partial charge in [0, 0.05) is 12.1 Å². The van der Waals surface area contributed by atoms with Crippen molar-refractivity contribution < 1.29 is 9.53 Å². The molecule has 1 aliphatic carbocycles. The van der Waals surface area contributed by atoms with Crippen LogP contribution in [0.4, 0.5) is 4.79 Å². The third kappa shape index (κ3) is 4.02. The zero-order valence-electron chi connectivity index (χ0n) is 18.0. The lowest BCUT2D eigenvalue weighted by Crippen LogP contribution is -2.51. The predicted molar refractivity (Wildman–Crippen MR) is 118 cm³/mol. The van der Waals surface area contributed by atoms with Gasteiger partial charge in [0.05, 0.1) is 5.69 Å². The monoisotopic (exact) mass is 439 g/mol. The normalized spacial score (nSPS) is 21.0. The molecule has 1 aliphatic rings. The van der Waals surface area contributed by atoms with E-state index in [0.29, 0.717) is 22.5 Å². The first-order chi connectivity index (χ1) is 14.9. The van der Waals surface area contributed by atoms with Crippen LogP contribution in [0, 0.1) is 12.8 Å². The van der Waals surface area contributed by atoms with Gasteiger partial charge in [-0.3, -0.25) is 4.90 Å². The van der Waals surface area contributed by atoms with Crippen molar-refractivity contribution in [3.63, 3.8) is 0 Å². The summed E-state index contributed by atoms with van der Waals surface area (Å²) in [6.07, 6.45) is 2.98. The summed E-state index contributed by atoms with van der Waals surface area (Å²) in [6.45, 7) is 4.17. The van der Waals surface area contributed by atoms with Gasteiger partial charge in [-0.1, -0.05) is 42.8 Å². The largest absolute Gasteiger partial charge is 0.415 e. The lowest BCUT2D eigenvalue weighted by atomic mass is 9.75. The van der Waals surface area contributed by atoms with Gasteiger partial charge in [-0.05, 0) is 78.8 Å². The summed E-state index contributed by atoms with van der Waals surface area (Å²) in [5, 5.41) is 13.3. The van der Waals surface area contributed by atoms with Gasteiger partial charge in [0.25, 0.3) is 0 Å². The first-order valence-corrected chi connectivity index (χ1v) is 10.9. The summed E-state index contributed by atoms with van der Waals surface area (Å²) in [7, 11) is 1.77. The van der Waals surface area contributed by atoms with E-state index in [1.165, 1.54) is 0 Å². The van der Waals surface area contributed by atoms with E-state index in [-0.39, 0.29) is 0 Å². The van der Waals surface area contributed by atoms with Crippen LogP contribution in [0.3, 0.4) is 0 Å². The van der Waals surface area contributed by atoms with Crippen LogP contribution >= 0.6 is 11.6 Å². The number of ether oxygens (including phenoxy) is 1. The van der Waals surface area contributed by atoms with Crippen LogP contribution in [0.25, 0.3) is 5.69 Å². The fourth-order valence-electron chi connectivity index (χ4n) is 4.25. The number of nitrogens with zero attached hydrogens (tertiary/aromatic N) is 5. The van der Waals surface area contributed by atoms with E-state index in [9.17, 15) is 4.79 Å². The smallest absolute Gasteiger partial charge is 0.410 e. The molecule has 1 fully saturated rings.